The van der Waals surface area contributed by atoms with E-state index >= 15 is 0 Å². The number of hydrogen-bond donors (Lipinski definition) is 1. The van der Waals surface area contributed by atoms with Crippen molar-refractivity contribution in [3.63, 3.8) is 0 Å². The highest BCUT2D eigenvalue weighted by Crippen LogP contribution is 2.16. The SMILES string of the molecule is C[C@@H]1CN(C(=O)c2cc(Br)cn2C)CCN1. The maximum absolute atomic E-state index is 12.2. The lowest BCUT2D eigenvalue weighted by Crippen LogP contribution is -2.51. The molecule has 1 N–H and O–H groups in total. The fourth-order valence-electron chi connectivity index (χ4n) is 2.02. The van der Waals surface area contributed by atoms with Crippen LogP contribution in [-0.4, -0.2) is 41.1 Å². The van der Waals surface area contributed by atoms with Gasteiger partial charge in [-0.1, -0.05) is 0 Å². The minimum absolute atomic E-state index is 0.113. The van der Waals surface area contributed by atoms with Crippen LogP contribution >= 0.6 is 15.9 Å². The van der Waals surface area contributed by atoms with Gasteiger partial charge in [-0.15, -0.1) is 0 Å². The molecule has 0 radical (unpaired) electrons. The number of carbonyl (C=O) groups is 1. The number of aromatic nitrogens is 1. The molecular weight excluding hydrogens is 270 g/mol. The number of hydrogen-bond acceptors (Lipinski definition) is 2. The van der Waals surface area contributed by atoms with Gasteiger partial charge in [0.05, 0.1) is 0 Å². The van der Waals surface area contributed by atoms with Gasteiger partial charge in [-0.05, 0) is 28.9 Å². The van der Waals surface area contributed by atoms with Gasteiger partial charge in [-0.25, -0.2) is 0 Å². The number of amides is 1. The van der Waals surface area contributed by atoms with Crippen LogP contribution in [0.25, 0.3) is 0 Å². The van der Waals surface area contributed by atoms with Crippen LogP contribution in [0.15, 0.2) is 16.7 Å². The Kier molecular flexibility index (Phi) is 3.35. The molecule has 1 saturated heterocycles. The first-order valence-electron chi connectivity index (χ1n) is 5.42. The number of nitrogens with zero attached hydrogens (tertiary/aromatic N) is 2. The smallest absolute Gasteiger partial charge is 0.270 e. The molecule has 88 valence electrons. The lowest BCUT2D eigenvalue weighted by atomic mass is 10.2. The number of rotatable bonds is 1. The van der Waals surface area contributed by atoms with Crippen molar-refractivity contribution in [2.75, 3.05) is 19.6 Å². The van der Waals surface area contributed by atoms with Crippen molar-refractivity contribution in [3.05, 3.63) is 22.4 Å². The Hall–Kier alpha value is -0.810. The van der Waals surface area contributed by atoms with Crippen molar-refractivity contribution in [2.45, 2.75) is 13.0 Å². The second-order valence-electron chi connectivity index (χ2n) is 4.26. The largest absolute Gasteiger partial charge is 0.345 e. The second kappa shape index (κ2) is 4.59. The van der Waals surface area contributed by atoms with Crippen molar-refractivity contribution in [1.82, 2.24) is 14.8 Å². The molecule has 0 aliphatic carbocycles. The van der Waals surface area contributed by atoms with E-state index in [0.717, 1.165) is 29.8 Å². The Labute approximate surface area is 104 Å². The van der Waals surface area contributed by atoms with Crippen LogP contribution in [0.2, 0.25) is 0 Å². The molecule has 0 aromatic carbocycles. The zero-order valence-electron chi connectivity index (χ0n) is 9.53. The van der Waals surface area contributed by atoms with E-state index in [1.165, 1.54) is 0 Å². The van der Waals surface area contributed by atoms with E-state index in [-0.39, 0.29) is 5.91 Å². The first-order chi connectivity index (χ1) is 7.58. The lowest BCUT2D eigenvalue weighted by molar-refractivity contribution is 0.0699. The van der Waals surface area contributed by atoms with Gasteiger partial charge in [0.1, 0.15) is 5.69 Å². The highest BCUT2D eigenvalue weighted by atomic mass is 79.9. The van der Waals surface area contributed by atoms with Crippen LogP contribution in [0.3, 0.4) is 0 Å². The Morgan fingerprint density at radius 2 is 2.38 bits per heavy atom. The first kappa shape index (κ1) is 11.7. The predicted molar refractivity (Wildman–Crippen MR) is 66.5 cm³/mol. The van der Waals surface area contributed by atoms with Gasteiger partial charge in [-0.3, -0.25) is 4.79 Å². The summed E-state index contributed by atoms with van der Waals surface area (Å²) in [5.74, 6) is 0.113. The summed E-state index contributed by atoms with van der Waals surface area (Å²) in [7, 11) is 1.89. The second-order valence-corrected chi connectivity index (χ2v) is 5.18. The van der Waals surface area contributed by atoms with Gasteiger partial charge in [0.2, 0.25) is 0 Å². The molecule has 1 atom stereocenters. The molecule has 0 unspecified atom stereocenters. The van der Waals surface area contributed by atoms with E-state index < -0.39 is 0 Å². The zero-order valence-corrected chi connectivity index (χ0v) is 11.1. The first-order valence-corrected chi connectivity index (χ1v) is 6.22. The molecule has 2 heterocycles. The van der Waals surface area contributed by atoms with Gasteiger partial charge in [0, 0.05) is 43.4 Å². The van der Waals surface area contributed by atoms with Gasteiger partial charge in [-0.2, -0.15) is 0 Å². The van der Waals surface area contributed by atoms with Crippen molar-refractivity contribution in [2.24, 2.45) is 7.05 Å². The summed E-state index contributed by atoms with van der Waals surface area (Å²) in [6, 6.07) is 2.25. The van der Waals surface area contributed by atoms with E-state index in [4.69, 9.17) is 0 Å². The summed E-state index contributed by atoms with van der Waals surface area (Å²) in [5, 5.41) is 3.33. The normalized spacial score (nSPS) is 21.2. The van der Waals surface area contributed by atoms with E-state index in [2.05, 4.69) is 28.2 Å². The van der Waals surface area contributed by atoms with Gasteiger partial charge < -0.3 is 14.8 Å². The minimum Gasteiger partial charge on any atom is -0.345 e. The monoisotopic (exact) mass is 285 g/mol. The Morgan fingerprint density at radius 1 is 1.62 bits per heavy atom. The highest BCUT2D eigenvalue weighted by Gasteiger charge is 2.23. The molecule has 5 heteroatoms. The molecule has 1 amide bonds. The number of halogens is 1. The summed E-state index contributed by atoms with van der Waals surface area (Å²) in [6.07, 6.45) is 1.90. The van der Waals surface area contributed by atoms with Crippen molar-refractivity contribution < 1.29 is 4.79 Å². The molecule has 1 aliphatic heterocycles. The highest BCUT2D eigenvalue weighted by molar-refractivity contribution is 9.10. The maximum Gasteiger partial charge on any atom is 0.270 e. The van der Waals surface area contributed by atoms with Crippen molar-refractivity contribution in [3.8, 4) is 0 Å². The molecule has 1 aromatic heterocycles. The predicted octanol–water partition coefficient (Wildman–Crippen LogP) is 1.22. The molecule has 16 heavy (non-hydrogen) atoms. The maximum atomic E-state index is 12.2. The Balaban J connectivity index is 2.15. The van der Waals surface area contributed by atoms with Gasteiger partial charge in [0.15, 0.2) is 0 Å². The fraction of sp³-hybridized carbons (Fsp3) is 0.545. The van der Waals surface area contributed by atoms with Gasteiger partial charge in [0.25, 0.3) is 5.91 Å². The van der Waals surface area contributed by atoms with E-state index in [1.807, 2.05) is 28.8 Å². The van der Waals surface area contributed by atoms with Crippen LogP contribution < -0.4 is 5.32 Å². The molecule has 4 nitrogen and oxygen atoms in total. The molecule has 1 fully saturated rings. The molecule has 0 spiro atoms. The number of aryl methyl sites for hydroxylation is 1. The molecule has 1 aliphatic rings. The summed E-state index contributed by atoms with van der Waals surface area (Å²) < 4.78 is 2.81. The van der Waals surface area contributed by atoms with Crippen LogP contribution in [0.1, 0.15) is 17.4 Å². The topological polar surface area (TPSA) is 37.3 Å². The average molecular weight is 286 g/mol. The van der Waals surface area contributed by atoms with E-state index in [0.29, 0.717) is 6.04 Å². The standard InChI is InChI=1S/C11H16BrN3O/c1-8-6-15(4-3-13-8)11(16)10-5-9(12)7-14(10)2/h5,7-8,13H,3-4,6H2,1-2H3/t8-/m1/s1. The Morgan fingerprint density at radius 3 is 2.94 bits per heavy atom. The number of piperazine rings is 1. The quantitative estimate of drug-likeness (QED) is 0.843. The minimum atomic E-state index is 0.113. The fourth-order valence-corrected chi connectivity index (χ4v) is 2.54. The van der Waals surface area contributed by atoms with Crippen LogP contribution in [0.4, 0.5) is 0 Å². The molecule has 0 saturated carbocycles. The summed E-state index contributed by atoms with van der Waals surface area (Å²) in [4.78, 5) is 14.1. The van der Waals surface area contributed by atoms with Gasteiger partial charge >= 0.3 is 0 Å². The summed E-state index contributed by atoms with van der Waals surface area (Å²) in [6.45, 7) is 4.53. The van der Waals surface area contributed by atoms with Crippen LogP contribution in [-0.2, 0) is 7.05 Å². The van der Waals surface area contributed by atoms with Crippen molar-refractivity contribution >= 4 is 21.8 Å². The van der Waals surface area contributed by atoms with Crippen LogP contribution in [0.5, 0.6) is 0 Å². The third-order valence-electron chi connectivity index (χ3n) is 2.85. The molecule has 1 aromatic rings. The summed E-state index contributed by atoms with van der Waals surface area (Å²) >= 11 is 3.38. The third kappa shape index (κ3) is 2.30. The molecular formula is C11H16BrN3O. The number of carbonyl (C=O) groups excluding carboxylic acids is 1. The van der Waals surface area contributed by atoms with E-state index in [1.54, 1.807) is 0 Å². The lowest BCUT2D eigenvalue weighted by Gasteiger charge is -2.31. The van der Waals surface area contributed by atoms with Crippen LogP contribution in [0, 0.1) is 0 Å². The summed E-state index contributed by atoms with van der Waals surface area (Å²) in [5.41, 5.74) is 0.737. The third-order valence-corrected chi connectivity index (χ3v) is 3.28. The number of nitrogens with one attached hydrogen (secondary N) is 1. The molecule has 2 rings (SSSR count). The molecule has 0 bridgehead atoms. The zero-order chi connectivity index (χ0) is 11.7. The van der Waals surface area contributed by atoms with Crippen molar-refractivity contribution in [1.29, 1.82) is 0 Å². The Bertz CT molecular complexity index is 402. The van der Waals surface area contributed by atoms with E-state index in [9.17, 15) is 4.79 Å². The average Bonchev–Trinajstić information content (AvgIpc) is 2.57.